The third-order valence-electron chi connectivity index (χ3n) is 7.98. The van der Waals surface area contributed by atoms with Gasteiger partial charge in [-0.1, -0.05) is 42.5 Å². The van der Waals surface area contributed by atoms with Gasteiger partial charge in [0.25, 0.3) is 0 Å². The number of carboxylic acid groups (broad SMARTS) is 1. The van der Waals surface area contributed by atoms with E-state index in [1.807, 2.05) is 42.5 Å². The maximum absolute atomic E-state index is 13.5. The Labute approximate surface area is 227 Å². The molecule has 5 rings (SSSR count). The van der Waals surface area contributed by atoms with Gasteiger partial charge in [-0.05, 0) is 38.5 Å². The zero-order chi connectivity index (χ0) is 27.6. The average molecular weight is 535 g/mol. The highest BCUT2D eigenvalue weighted by Gasteiger charge is 2.61. The number of carbonyl (C=O) groups is 3. The molecule has 39 heavy (non-hydrogen) atoms. The number of nitrogens with one attached hydrogen (secondary N) is 1. The van der Waals surface area contributed by atoms with Crippen LogP contribution in [0.4, 0.5) is 0 Å². The highest BCUT2D eigenvalue weighted by atomic mass is 16.5. The molecule has 0 spiro atoms. The van der Waals surface area contributed by atoms with Crippen LogP contribution in [0.2, 0.25) is 0 Å². The highest BCUT2D eigenvalue weighted by Crippen LogP contribution is 2.46. The van der Waals surface area contributed by atoms with Crippen LogP contribution < -0.4 is 14.8 Å². The topological polar surface area (TPSA) is 131 Å². The quantitative estimate of drug-likeness (QED) is 0.560. The standard InChI is InChI=1S/C29H34N4O6/c1-33-13-9-4-3-8-12-19-17-29(19,28(36)37)32-26(34)21-14-20(15-22(21)27(33)35)39-24-16-23(38-2)30-25(31-24)18-10-6-5-7-11-18/h5-8,10-12,16,19-22H,3-4,9,13-15,17H2,1-2H3,(H,32,34)(H,36,37). The van der Waals surface area contributed by atoms with Crippen molar-refractivity contribution in [1.29, 1.82) is 0 Å². The number of rotatable bonds is 5. The molecule has 2 fully saturated rings. The van der Waals surface area contributed by atoms with Crippen LogP contribution in [0, 0.1) is 17.8 Å². The summed E-state index contributed by atoms with van der Waals surface area (Å²) in [6.07, 6.45) is 6.86. The molecule has 2 aliphatic carbocycles. The number of carboxylic acids is 1. The molecule has 0 saturated heterocycles. The number of nitrogens with zero attached hydrogens (tertiary/aromatic N) is 3. The van der Waals surface area contributed by atoms with Gasteiger partial charge in [0.2, 0.25) is 23.6 Å². The monoisotopic (exact) mass is 534 g/mol. The van der Waals surface area contributed by atoms with E-state index in [1.54, 1.807) is 18.0 Å². The van der Waals surface area contributed by atoms with Gasteiger partial charge in [0.1, 0.15) is 11.6 Å². The Hall–Kier alpha value is -3.95. The number of ether oxygens (including phenoxy) is 2. The average Bonchev–Trinajstić information content (AvgIpc) is 3.48. The molecule has 10 nitrogen and oxygen atoms in total. The van der Waals surface area contributed by atoms with E-state index in [-0.39, 0.29) is 24.1 Å². The predicted octanol–water partition coefficient (Wildman–Crippen LogP) is 3.08. The van der Waals surface area contributed by atoms with Gasteiger partial charge in [-0.25, -0.2) is 4.79 Å². The van der Waals surface area contributed by atoms with E-state index in [2.05, 4.69) is 15.3 Å². The number of hydrogen-bond donors (Lipinski definition) is 2. The van der Waals surface area contributed by atoms with Gasteiger partial charge in [0.05, 0.1) is 25.0 Å². The number of hydrogen-bond acceptors (Lipinski definition) is 7. The van der Waals surface area contributed by atoms with E-state index < -0.39 is 35.4 Å². The fraction of sp³-hybridized carbons (Fsp3) is 0.483. The normalized spacial score (nSPS) is 29.0. The molecule has 10 heteroatoms. The summed E-state index contributed by atoms with van der Waals surface area (Å²) < 4.78 is 11.6. The molecule has 2 amide bonds. The van der Waals surface area contributed by atoms with E-state index in [0.717, 1.165) is 24.8 Å². The minimum absolute atomic E-state index is 0.129. The highest BCUT2D eigenvalue weighted by molar-refractivity contribution is 5.94. The van der Waals surface area contributed by atoms with Gasteiger partial charge >= 0.3 is 5.97 Å². The lowest BCUT2D eigenvalue weighted by atomic mass is 9.93. The number of amides is 2. The maximum Gasteiger partial charge on any atom is 0.330 e. The Bertz CT molecular complexity index is 1270. The summed E-state index contributed by atoms with van der Waals surface area (Å²) in [7, 11) is 3.27. The van der Waals surface area contributed by atoms with Crippen molar-refractivity contribution in [3.63, 3.8) is 0 Å². The largest absolute Gasteiger partial charge is 0.481 e. The molecule has 1 aliphatic heterocycles. The van der Waals surface area contributed by atoms with Gasteiger partial charge in [-0.15, -0.1) is 0 Å². The summed E-state index contributed by atoms with van der Waals surface area (Å²) in [6, 6.07) is 11.0. The minimum atomic E-state index is -1.32. The van der Waals surface area contributed by atoms with E-state index in [4.69, 9.17) is 9.47 Å². The Morgan fingerprint density at radius 1 is 1.10 bits per heavy atom. The third-order valence-corrected chi connectivity index (χ3v) is 7.98. The summed E-state index contributed by atoms with van der Waals surface area (Å²) in [5.74, 6) is -2.14. The lowest BCUT2D eigenvalue weighted by Gasteiger charge is -2.26. The second kappa shape index (κ2) is 11.0. The predicted molar refractivity (Wildman–Crippen MR) is 142 cm³/mol. The van der Waals surface area contributed by atoms with Crippen molar-refractivity contribution in [1.82, 2.24) is 20.2 Å². The molecular weight excluding hydrogens is 500 g/mol. The number of carbonyl (C=O) groups excluding carboxylic acids is 2. The third kappa shape index (κ3) is 5.60. The first-order chi connectivity index (χ1) is 18.8. The van der Waals surface area contributed by atoms with Crippen LogP contribution in [0.15, 0.2) is 48.6 Å². The van der Waals surface area contributed by atoms with E-state index in [1.165, 1.54) is 7.11 Å². The first kappa shape index (κ1) is 26.6. The number of benzene rings is 1. The van der Waals surface area contributed by atoms with Crippen LogP contribution in [-0.4, -0.2) is 70.1 Å². The van der Waals surface area contributed by atoms with Gasteiger partial charge in [0, 0.05) is 25.1 Å². The van der Waals surface area contributed by atoms with Gasteiger partial charge < -0.3 is 24.8 Å². The SMILES string of the molecule is COc1cc(OC2CC3C(=O)NC4(C(=O)O)CC4C=CCCCCN(C)C(=O)C3C2)nc(-c2ccccc2)n1. The number of aromatic nitrogens is 2. The molecule has 5 atom stereocenters. The summed E-state index contributed by atoms with van der Waals surface area (Å²) in [5.41, 5.74) is -0.523. The molecule has 0 radical (unpaired) electrons. The summed E-state index contributed by atoms with van der Waals surface area (Å²) >= 11 is 0. The summed E-state index contributed by atoms with van der Waals surface area (Å²) in [5, 5.41) is 12.7. The molecule has 5 unspecified atom stereocenters. The van der Waals surface area contributed by atoms with Crippen molar-refractivity contribution in [3.8, 4) is 23.1 Å². The van der Waals surface area contributed by atoms with Crippen molar-refractivity contribution in [2.75, 3.05) is 20.7 Å². The maximum atomic E-state index is 13.5. The van der Waals surface area contributed by atoms with Crippen LogP contribution in [0.3, 0.4) is 0 Å². The number of fused-ring (bicyclic) bond motifs is 2. The van der Waals surface area contributed by atoms with Crippen LogP contribution in [0.5, 0.6) is 11.8 Å². The molecule has 206 valence electrons. The molecule has 2 saturated carbocycles. The smallest absolute Gasteiger partial charge is 0.330 e. The Morgan fingerprint density at radius 2 is 1.85 bits per heavy atom. The van der Waals surface area contributed by atoms with Crippen molar-refractivity contribution in [2.24, 2.45) is 17.8 Å². The molecule has 2 N–H and O–H groups in total. The molecule has 1 aromatic heterocycles. The zero-order valence-electron chi connectivity index (χ0n) is 22.2. The molecule has 1 aromatic carbocycles. The van der Waals surface area contributed by atoms with Crippen LogP contribution in [0.25, 0.3) is 11.4 Å². The van der Waals surface area contributed by atoms with Crippen molar-refractivity contribution < 1.29 is 29.0 Å². The fourth-order valence-corrected chi connectivity index (χ4v) is 5.65. The number of aliphatic carboxylic acids is 1. The van der Waals surface area contributed by atoms with Gasteiger partial charge in [0.15, 0.2) is 5.82 Å². The fourth-order valence-electron chi connectivity index (χ4n) is 5.65. The zero-order valence-corrected chi connectivity index (χ0v) is 22.2. The van der Waals surface area contributed by atoms with Crippen molar-refractivity contribution in [3.05, 3.63) is 48.6 Å². The molecule has 3 aliphatic rings. The first-order valence-electron chi connectivity index (χ1n) is 13.4. The van der Waals surface area contributed by atoms with Crippen LogP contribution >= 0.6 is 0 Å². The molecular formula is C29H34N4O6. The molecule has 2 aromatic rings. The first-order valence-corrected chi connectivity index (χ1v) is 13.4. The van der Waals surface area contributed by atoms with Crippen molar-refractivity contribution in [2.45, 2.75) is 50.2 Å². The number of methoxy groups -OCH3 is 1. The van der Waals surface area contributed by atoms with Crippen LogP contribution in [-0.2, 0) is 14.4 Å². The Kier molecular flexibility index (Phi) is 7.54. The van der Waals surface area contributed by atoms with Crippen LogP contribution in [0.1, 0.15) is 38.5 Å². The molecule has 0 bridgehead atoms. The molecule has 2 heterocycles. The van der Waals surface area contributed by atoms with Crippen molar-refractivity contribution >= 4 is 17.8 Å². The lowest BCUT2D eigenvalue weighted by molar-refractivity contribution is -0.145. The van der Waals surface area contributed by atoms with Gasteiger partial charge in [-0.2, -0.15) is 9.97 Å². The second-order valence-corrected chi connectivity index (χ2v) is 10.6. The minimum Gasteiger partial charge on any atom is -0.481 e. The van der Waals surface area contributed by atoms with E-state index in [0.29, 0.717) is 31.1 Å². The Balaban J connectivity index is 1.40. The van der Waals surface area contributed by atoms with E-state index >= 15 is 0 Å². The van der Waals surface area contributed by atoms with E-state index in [9.17, 15) is 19.5 Å². The Morgan fingerprint density at radius 3 is 2.59 bits per heavy atom. The lowest BCUT2D eigenvalue weighted by Crippen LogP contribution is -2.49. The summed E-state index contributed by atoms with van der Waals surface area (Å²) in [6.45, 7) is 0.592. The number of allylic oxidation sites excluding steroid dienone is 1. The second-order valence-electron chi connectivity index (χ2n) is 10.6. The van der Waals surface area contributed by atoms with Gasteiger partial charge in [-0.3, -0.25) is 9.59 Å². The summed E-state index contributed by atoms with van der Waals surface area (Å²) in [4.78, 5) is 49.8.